The van der Waals surface area contributed by atoms with Crippen molar-refractivity contribution in [1.82, 2.24) is 0 Å². The molecule has 0 saturated carbocycles. The number of carbonyl (C=O) groups excluding carboxylic acids is 1. The lowest BCUT2D eigenvalue weighted by molar-refractivity contribution is -0.140. The van der Waals surface area contributed by atoms with Crippen molar-refractivity contribution in [1.29, 1.82) is 0 Å². The number of carbonyl (C=O) groups is 1. The molecular weight excluding hydrogens is 492 g/mol. The summed E-state index contributed by atoms with van der Waals surface area (Å²) in [6.07, 6.45) is 1.36. The van der Waals surface area contributed by atoms with Crippen LogP contribution in [0, 0.1) is 0 Å². The van der Waals surface area contributed by atoms with Gasteiger partial charge in [-0.05, 0) is 47.5 Å². The van der Waals surface area contributed by atoms with E-state index in [1.165, 1.54) is 27.6 Å². The van der Waals surface area contributed by atoms with E-state index in [-0.39, 0.29) is 18.6 Å². The Balaban J connectivity index is 1.72. The number of hydrogen-bond donors (Lipinski definition) is 0. The number of esters is 1. The Morgan fingerprint density at radius 1 is 0.921 bits per heavy atom. The fraction of sp³-hybridized carbons (Fsp3) is 0.241. The van der Waals surface area contributed by atoms with E-state index in [0.29, 0.717) is 62.0 Å². The molecule has 1 unspecified atom stereocenters. The molecule has 0 spiro atoms. The Kier molecular flexibility index (Phi) is 6.83. The van der Waals surface area contributed by atoms with Crippen LogP contribution in [0.15, 0.2) is 64.0 Å². The van der Waals surface area contributed by atoms with Crippen LogP contribution in [0.3, 0.4) is 0 Å². The maximum atomic E-state index is 13.6. The highest BCUT2D eigenvalue weighted by Gasteiger charge is 2.30. The lowest BCUT2D eigenvalue weighted by Gasteiger charge is -2.22. The second-order valence-corrected chi connectivity index (χ2v) is 8.55. The number of hydrogen-bond acceptors (Lipinski definition) is 9. The molecule has 4 aromatic rings. The SMILES string of the molecule is COC(=O)CC(c1cc(OC)c2c(c1)OCO2)c1c(OC)ccc2c(=O)c(-c3ccc(OC)cc3)coc12. The molecule has 1 atom stereocenters. The van der Waals surface area contributed by atoms with Crippen LogP contribution in [0.1, 0.15) is 23.5 Å². The number of rotatable bonds is 8. The largest absolute Gasteiger partial charge is 0.497 e. The highest BCUT2D eigenvalue weighted by Crippen LogP contribution is 2.47. The normalized spacial score (nSPS) is 12.7. The highest BCUT2D eigenvalue weighted by molar-refractivity contribution is 5.87. The first-order valence-corrected chi connectivity index (χ1v) is 11.8. The van der Waals surface area contributed by atoms with Gasteiger partial charge >= 0.3 is 5.97 Å². The molecule has 1 aliphatic heterocycles. The van der Waals surface area contributed by atoms with Crippen LogP contribution in [0.5, 0.6) is 28.7 Å². The third-order valence-electron chi connectivity index (χ3n) is 6.59. The van der Waals surface area contributed by atoms with E-state index >= 15 is 0 Å². The summed E-state index contributed by atoms with van der Waals surface area (Å²) in [6, 6.07) is 14.0. The van der Waals surface area contributed by atoms with E-state index in [0.717, 1.165) is 0 Å². The third-order valence-corrected chi connectivity index (χ3v) is 6.59. The van der Waals surface area contributed by atoms with Gasteiger partial charge in [-0.25, -0.2) is 0 Å². The summed E-state index contributed by atoms with van der Waals surface area (Å²) in [4.78, 5) is 26.2. The smallest absolute Gasteiger partial charge is 0.306 e. The van der Waals surface area contributed by atoms with Crippen LogP contribution in [-0.4, -0.2) is 41.2 Å². The van der Waals surface area contributed by atoms with Crippen molar-refractivity contribution in [2.75, 3.05) is 35.2 Å². The molecule has 38 heavy (non-hydrogen) atoms. The fourth-order valence-corrected chi connectivity index (χ4v) is 4.67. The zero-order chi connectivity index (χ0) is 26.8. The quantitative estimate of drug-likeness (QED) is 0.301. The molecule has 0 amide bonds. The molecule has 5 rings (SSSR count). The van der Waals surface area contributed by atoms with Gasteiger partial charge in [0.15, 0.2) is 11.5 Å². The molecule has 0 radical (unpaired) electrons. The van der Waals surface area contributed by atoms with E-state index in [4.69, 9.17) is 32.8 Å². The Morgan fingerprint density at radius 2 is 1.68 bits per heavy atom. The molecule has 0 N–H and O–H groups in total. The van der Waals surface area contributed by atoms with Crippen molar-refractivity contribution in [2.45, 2.75) is 12.3 Å². The second kappa shape index (κ2) is 10.4. The number of methoxy groups -OCH3 is 4. The summed E-state index contributed by atoms with van der Waals surface area (Å²) in [6.45, 7) is 0.0530. The predicted molar refractivity (Wildman–Crippen MR) is 139 cm³/mol. The average molecular weight is 519 g/mol. The number of ether oxygens (including phenoxy) is 6. The Hall–Kier alpha value is -4.66. The summed E-state index contributed by atoms with van der Waals surface area (Å²) in [5.74, 6) is 1.46. The number of fused-ring (bicyclic) bond motifs is 2. The van der Waals surface area contributed by atoms with Gasteiger partial charge in [0.05, 0.1) is 45.8 Å². The van der Waals surface area contributed by atoms with Crippen molar-refractivity contribution in [3.05, 3.63) is 76.1 Å². The summed E-state index contributed by atoms with van der Waals surface area (Å²) in [7, 11) is 5.94. The first-order chi connectivity index (χ1) is 18.5. The molecule has 0 saturated heterocycles. The van der Waals surface area contributed by atoms with E-state index in [2.05, 4.69) is 0 Å². The van der Waals surface area contributed by atoms with Crippen molar-refractivity contribution in [3.63, 3.8) is 0 Å². The maximum absolute atomic E-state index is 13.6. The van der Waals surface area contributed by atoms with E-state index in [1.807, 2.05) is 0 Å². The zero-order valence-corrected chi connectivity index (χ0v) is 21.4. The van der Waals surface area contributed by atoms with Gasteiger partial charge in [-0.15, -0.1) is 0 Å². The summed E-state index contributed by atoms with van der Waals surface area (Å²) < 4.78 is 38.7. The van der Waals surface area contributed by atoms with Crippen LogP contribution in [-0.2, 0) is 9.53 Å². The van der Waals surface area contributed by atoms with Crippen LogP contribution in [0.25, 0.3) is 22.1 Å². The lowest BCUT2D eigenvalue weighted by atomic mass is 9.86. The van der Waals surface area contributed by atoms with E-state index < -0.39 is 11.9 Å². The Labute approximate surface area is 218 Å². The highest BCUT2D eigenvalue weighted by atomic mass is 16.7. The summed E-state index contributed by atoms with van der Waals surface area (Å²) >= 11 is 0. The minimum Gasteiger partial charge on any atom is -0.497 e. The maximum Gasteiger partial charge on any atom is 0.306 e. The molecule has 2 heterocycles. The average Bonchev–Trinajstić information content (AvgIpc) is 3.44. The van der Waals surface area contributed by atoms with Crippen molar-refractivity contribution in [2.24, 2.45) is 0 Å². The molecule has 196 valence electrons. The Morgan fingerprint density at radius 3 is 2.37 bits per heavy atom. The molecule has 0 fully saturated rings. The van der Waals surface area contributed by atoms with Crippen molar-refractivity contribution >= 4 is 16.9 Å². The van der Waals surface area contributed by atoms with Crippen LogP contribution in [0.4, 0.5) is 0 Å². The monoisotopic (exact) mass is 518 g/mol. The summed E-state index contributed by atoms with van der Waals surface area (Å²) in [5, 5.41) is 0.344. The van der Waals surface area contributed by atoms with Crippen molar-refractivity contribution < 1.29 is 37.6 Å². The van der Waals surface area contributed by atoms with Gasteiger partial charge < -0.3 is 32.8 Å². The van der Waals surface area contributed by atoms with Gasteiger partial charge in [-0.3, -0.25) is 9.59 Å². The minimum atomic E-state index is -0.625. The molecule has 0 bridgehead atoms. The zero-order valence-electron chi connectivity index (χ0n) is 21.4. The van der Waals surface area contributed by atoms with Gasteiger partial charge in [-0.2, -0.15) is 0 Å². The standard InChI is InChI=1S/C29H26O9/c1-32-18-7-5-16(6-8-18)21-14-36-28-19(27(21)31)9-10-22(33-2)26(28)20(13-25(30)35-4)17-11-23(34-3)29-24(12-17)37-15-38-29/h5-12,14,20H,13,15H2,1-4H3. The number of benzene rings is 3. The molecule has 0 aliphatic carbocycles. The predicted octanol–water partition coefficient (Wildman–Crippen LogP) is 4.91. The molecule has 1 aromatic heterocycles. The van der Waals surface area contributed by atoms with E-state index in [9.17, 15) is 9.59 Å². The van der Waals surface area contributed by atoms with Gasteiger partial charge in [-0.1, -0.05) is 12.1 Å². The van der Waals surface area contributed by atoms with Crippen molar-refractivity contribution in [3.8, 4) is 39.9 Å². The van der Waals surface area contributed by atoms with E-state index in [1.54, 1.807) is 55.6 Å². The van der Waals surface area contributed by atoms with Crippen LogP contribution < -0.4 is 29.1 Å². The van der Waals surface area contributed by atoms with Gasteiger partial charge in [0.2, 0.25) is 18.0 Å². The minimum absolute atomic E-state index is 0.0530. The van der Waals surface area contributed by atoms with Gasteiger partial charge in [0, 0.05) is 11.5 Å². The third kappa shape index (κ3) is 4.36. The van der Waals surface area contributed by atoms with Gasteiger partial charge in [0.1, 0.15) is 23.3 Å². The molecular formula is C29H26O9. The Bertz CT molecular complexity index is 1550. The van der Waals surface area contributed by atoms with Crippen LogP contribution >= 0.6 is 0 Å². The fourth-order valence-electron chi connectivity index (χ4n) is 4.67. The molecule has 9 heteroatoms. The second-order valence-electron chi connectivity index (χ2n) is 8.55. The molecule has 1 aliphatic rings. The molecule has 3 aromatic carbocycles. The summed E-state index contributed by atoms with van der Waals surface area (Å²) in [5.41, 5.74) is 2.35. The van der Waals surface area contributed by atoms with Gasteiger partial charge in [0.25, 0.3) is 0 Å². The first-order valence-electron chi connectivity index (χ1n) is 11.8. The molecule has 9 nitrogen and oxygen atoms in total. The first kappa shape index (κ1) is 25.0. The topological polar surface area (TPSA) is 103 Å². The lowest BCUT2D eigenvalue weighted by Crippen LogP contribution is -2.14. The van der Waals surface area contributed by atoms with Crippen LogP contribution in [0.2, 0.25) is 0 Å².